The molecule has 9 heteroatoms. The van der Waals surface area contributed by atoms with Gasteiger partial charge in [0.05, 0.1) is 18.2 Å². The predicted octanol–water partition coefficient (Wildman–Crippen LogP) is 7.11. The van der Waals surface area contributed by atoms with Gasteiger partial charge in [-0.1, -0.05) is 108 Å². The van der Waals surface area contributed by atoms with Gasteiger partial charge in [-0.15, -0.1) is 10.2 Å². The van der Waals surface area contributed by atoms with Gasteiger partial charge >= 0.3 is 0 Å². The average molecular weight is 584 g/mol. The molecule has 0 saturated carbocycles. The first kappa shape index (κ1) is 28.3. The molecule has 2 heterocycles. The van der Waals surface area contributed by atoms with Gasteiger partial charge in [-0.05, 0) is 48.2 Å². The standard InChI is InChI=1S/C32H29N3O4S2/c1-3-19-39-25-16-14-24(15-17-25)28-27(26(36)18-13-22-7-5-4-6-8-22)29(37)30(38)35(28)31-33-34-32(41-31)40-20-23-11-9-21(2)10-12-23/h4-18,28,37H,3,19-20H2,1-2H3/b18-13+. The average Bonchev–Trinajstić information content (AvgIpc) is 3.57. The second-order valence-electron chi connectivity index (χ2n) is 9.49. The topological polar surface area (TPSA) is 92.6 Å². The number of aromatic nitrogens is 2. The van der Waals surface area contributed by atoms with E-state index in [0.717, 1.165) is 17.5 Å². The van der Waals surface area contributed by atoms with Gasteiger partial charge in [0, 0.05) is 5.75 Å². The maximum atomic E-state index is 13.5. The van der Waals surface area contributed by atoms with E-state index in [0.29, 0.717) is 33.1 Å². The molecular weight excluding hydrogens is 555 g/mol. The summed E-state index contributed by atoms with van der Waals surface area (Å²) in [5, 5.41) is 19.9. The molecule has 1 unspecified atom stereocenters. The summed E-state index contributed by atoms with van der Waals surface area (Å²) in [6.45, 7) is 4.65. The Morgan fingerprint density at radius 2 is 1.78 bits per heavy atom. The van der Waals surface area contributed by atoms with Crippen molar-refractivity contribution < 1.29 is 19.4 Å². The lowest BCUT2D eigenvalue weighted by Crippen LogP contribution is -2.30. The molecule has 1 N–H and O–H groups in total. The van der Waals surface area contributed by atoms with Gasteiger partial charge in [-0.2, -0.15) is 0 Å². The number of thioether (sulfide) groups is 1. The van der Waals surface area contributed by atoms with Crippen LogP contribution < -0.4 is 9.64 Å². The number of carbonyl (C=O) groups is 2. The second kappa shape index (κ2) is 13.0. The molecule has 7 nitrogen and oxygen atoms in total. The number of aryl methyl sites for hydroxylation is 1. The Kier molecular flexibility index (Phi) is 8.96. The SMILES string of the molecule is CCCOc1ccc(C2C(C(=O)/C=C/c3ccccc3)=C(O)C(=O)N2c2nnc(SCc3ccc(C)cc3)s2)cc1. The fraction of sp³-hybridized carbons (Fsp3) is 0.188. The number of hydrogen-bond acceptors (Lipinski definition) is 8. The van der Waals surface area contributed by atoms with Crippen LogP contribution in [0.2, 0.25) is 0 Å². The zero-order valence-corrected chi connectivity index (χ0v) is 24.3. The number of anilines is 1. The van der Waals surface area contributed by atoms with Crippen molar-refractivity contribution in [3.05, 3.63) is 119 Å². The van der Waals surface area contributed by atoms with Crippen molar-refractivity contribution in [2.45, 2.75) is 36.4 Å². The van der Waals surface area contributed by atoms with Gasteiger partial charge in [-0.3, -0.25) is 14.5 Å². The van der Waals surface area contributed by atoms with Crippen LogP contribution in [0, 0.1) is 6.92 Å². The molecule has 41 heavy (non-hydrogen) atoms. The highest BCUT2D eigenvalue weighted by Crippen LogP contribution is 2.43. The smallest absolute Gasteiger partial charge is 0.296 e. The molecule has 0 radical (unpaired) electrons. The van der Waals surface area contributed by atoms with Crippen LogP contribution in [0.25, 0.3) is 6.08 Å². The molecule has 0 fully saturated rings. The van der Waals surface area contributed by atoms with E-state index in [4.69, 9.17) is 4.74 Å². The van der Waals surface area contributed by atoms with Crippen molar-refractivity contribution in [2.24, 2.45) is 0 Å². The normalized spacial score (nSPS) is 15.2. The first-order valence-electron chi connectivity index (χ1n) is 13.2. The zero-order valence-electron chi connectivity index (χ0n) is 22.7. The number of ether oxygens (including phenoxy) is 1. The molecule has 1 aliphatic heterocycles. The first-order chi connectivity index (χ1) is 19.9. The molecule has 0 spiro atoms. The van der Waals surface area contributed by atoms with E-state index in [9.17, 15) is 14.7 Å². The molecule has 1 aliphatic rings. The summed E-state index contributed by atoms with van der Waals surface area (Å²) in [4.78, 5) is 28.3. The van der Waals surface area contributed by atoms with E-state index in [2.05, 4.69) is 34.5 Å². The molecule has 1 amide bonds. The quantitative estimate of drug-likeness (QED) is 0.114. The molecule has 0 saturated heterocycles. The van der Waals surface area contributed by atoms with Crippen molar-refractivity contribution in [2.75, 3.05) is 11.5 Å². The molecular formula is C32H29N3O4S2. The van der Waals surface area contributed by atoms with Gasteiger partial charge < -0.3 is 9.84 Å². The highest BCUT2D eigenvalue weighted by molar-refractivity contribution is 8.00. The van der Waals surface area contributed by atoms with E-state index in [1.54, 1.807) is 30.3 Å². The van der Waals surface area contributed by atoms with Gasteiger partial charge in [-0.25, -0.2) is 0 Å². The van der Waals surface area contributed by atoms with Crippen LogP contribution in [-0.4, -0.2) is 33.6 Å². The van der Waals surface area contributed by atoms with E-state index in [1.165, 1.54) is 39.6 Å². The van der Waals surface area contributed by atoms with Crippen LogP contribution in [0.4, 0.5) is 5.13 Å². The van der Waals surface area contributed by atoms with Crippen LogP contribution >= 0.6 is 23.1 Å². The molecule has 208 valence electrons. The maximum Gasteiger partial charge on any atom is 0.296 e. The maximum absolute atomic E-state index is 13.5. The third-order valence-electron chi connectivity index (χ3n) is 6.45. The first-order valence-corrected chi connectivity index (χ1v) is 15.0. The number of amides is 1. The number of nitrogens with zero attached hydrogens (tertiary/aromatic N) is 3. The Hall–Kier alpha value is -4.21. The fourth-order valence-electron chi connectivity index (χ4n) is 4.35. The Labute approximate surface area is 247 Å². The van der Waals surface area contributed by atoms with Crippen LogP contribution in [0.15, 0.2) is 101 Å². The Morgan fingerprint density at radius 1 is 1.05 bits per heavy atom. The molecule has 0 aliphatic carbocycles. The minimum absolute atomic E-state index is 0.00605. The Bertz CT molecular complexity index is 1580. The third-order valence-corrected chi connectivity index (χ3v) is 8.58. The number of rotatable bonds is 11. The lowest BCUT2D eigenvalue weighted by molar-refractivity contribution is -0.117. The van der Waals surface area contributed by atoms with Crippen molar-refractivity contribution in [3.63, 3.8) is 0 Å². The van der Waals surface area contributed by atoms with Crippen LogP contribution in [0.5, 0.6) is 5.75 Å². The van der Waals surface area contributed by atoms with E-state index in [-0.39, 0.29) is 5.57 Å². The van der Waals surface area contributed by atoms with Gasteiger partial charge in [0.2, 0.25) is 5.13 Å². The predicted molar refractivity (Wildman–Crippen MR) is 163 cm³/mol. The number of carbonyl (C=O) groups excluding carboxylic acids is 2. The summed E-state index contributed by atoms with van der Waals surface area (Å²) < 4.78 is 6.40. The number of hydrogen-bond donors (Lipinski definition) is 1. The van der Waals surface area contributed by atoms with Crippen molar-refractivity contribution in [1.82, 2.24) is 10.2 Å². The fourth-order valence-corrected chi connectivity index (χ4v) is 6.17. The van der Waals surface area contributed by atoms with Crippen LogP contribution in [0.1, 0.15) is 41.6 Å². The molecule has 4 aromatic rings. The Morgan fingerprint density at radius 3 is 2.49 bits per heavy atom. The van der Waals surface area contributed by atoms with Crippen LogP contribution in [-0.2, 0) is 15.3 Å². The lowest BCUT2D eigenvalue weighted by atomic mass is 9.95. The van der Waals surface area contributed by atoms with Crippen LogP contribution in [0.3, 0.4) is 0 Å². The minimum Gasteiger partial charge on any atom is -0.503 e. The molecule has 1 atom stereocenters. The van der Waals surface area contributed by atoms with E-state index < -0.39 is 23.5 Å². The third kappa shape index (κ3) is 6.58. The summed E-state index contributed by atoms with van der Waals surface area (Å²) in [7, 11) is 0. The summed E-state index contributed by atoms with van der Waals surface area (Å²) >= 11 is 2.77. The van der Waals surface area contributed by atoms with Gasteiger partial charge in [0.15, 0.2) is 15.9 Å². The largest absolute Gasteiger partial charge is 0.503 e. The lowest BCUT2D eigenvalue weighted by Gasteiger charge is -2.24. The number of ketones is 1. The van der Waals surface area contributed by atoms with Gasteiger partial charge in [0.25, 0.3) is 5.91 Å². The van der Waals surface area contributed by atoms with Crippen molar-refractivity contribution in [1.29, 1.82) is 0 Å². The summed E-state index contributed by atoms with van der Waals surface area (Å²) in [6, 6.07) is 24.0. The monoisotopic (exact) mass is 583 g/mol. The second-order valence-corrected chi connectivity index (χ2v) is 11.7. The highest BCUT2D eigenvalue weighted by atomic mass is 32.2. The highest BCUT2D eigenvalue weighted by Gasteiger charge is 2.45. The number of aliphatic hydroxyl groups excluding tert-OH is 1. The van der Waals surface area contributed by atoms with E-state index >= 15 is 0 Å². The number of allylic oxidation sites excluding steroid dienone is 1. The molecule has 0 bridgehead atoms. The van der Waals surface area contributed by atoms with Crippen molar-refractivity contribution >= 4 is 46.0 Å². The minimum atomic E-state index is -0.876. The summed E-state index contributed by atoms with van der Waals surface area (Å²) in [5.74, 6) is -0.362. The van der Waals surface area contributed by atoms with Crippen molar-refractivity contribution in [3.8, 4) is 5.75 Å². The number of benzene rings is 3. The summed E-state index contributed by atoms with van der Waals surface area (Å²) in [6.07, 6.45) is 3.92. The molecule has 1 aromatic heterocycles. The zero-order chi connectivity index (χ0) is 28.8. The van der Waals surface area contributed by atoms with Gasteiger partial charge in [0.1, 0.15) is 5.75 Å². The summed E-state index contributed by atoms with van der Waals surface area (Å²) in [5.41, 5.74) is 3.81. The molecule has 5 rings (SSSR count). The number of aliphatic hydroxyl groups is 1. The Balaban J connectivity index is 1.45. The molecule has 3 aromatic carbocycles. The van der Waals surface area contributed by atoms with E-state index in [1.807, 2.05) is 44.2 Å².